The summed E-state index contributed by atoms with van der Waals surface area (Å²) in [7, 11) is 3.26. The number of amides is 2. The topological polar surface area (TPSA) is 61.8 Å². The molecule has 2 N–H and O–H groups in total. The molecule has 2 aromatic carbocycles. The number of allylic oxidation sites excluding steroid dienone is 1. The van der Waals surface area contributed by atoms with Gasteiger partial charge in [-0.15, -0.1) is 0 Å². The van der Waals surface area contributed by atoms with Crippen molar-refractivity contribution in [2.45, 2.75) is 32.4 Å². The smallest absolute Gasteiger partial charge is 0.317 e. The zero-order chi connectivity index (χ0) is 20.9. The van der Waals surface area contributed by atoms with Crippen molar-refractivity contribution in [2.75, 3.05) is 20.7 Å². The summed E-state index contributed by atoms with van der Waals surface area (Å²) in [5.41, 5.74) is 3.17. The minimum Gasteiger partial charge on any atom is -0.497 e. The fourth-order valence-electron chi connectivity index (χ4n) is 2.88. The molecule has 0 fully saturated rings. The average Bonchev–Trinajstić information content (AvgIpc) is 2.67. The molecule has 0 saturated heterocycles. The van der Waals surface area contributed by atoms with Gasteiger partial charge in [0, 0.05) is 7.05 Å². The minimum atomic E-state index is -0.781. The first-order chi connectivity index (χ1) is 13.1. The summed E-state index contributed by atoms with van der Waals surface area (Å²) < 4.78 is 5.13. The zero-order valence-corrected chi connectivity index (χ0v) is 17.3. The number of methoxy groups -OCH3 is 1. The highest BCUT2D eigenvalue weighted by Gasteiger charge is 2.25. The molecule has 150 valence electrons. The highest BCUT2D eigenvalue weighted by molar-refractivity contribution is 5.75. The molecule has 5 heteroatoms. The van der Waals surface area contributed by atoms with Crippen LogP contribution in [0.25, 0.3) is 5.57 Å². The number of hydrogen-bond donors (Lipinski definition) is 2. The molecule has 1 atom stereocenters. The van der Waals surface area contributed by atoms with Crippen LogP contribution in [0.3, 0.4) is 0 Å². The van der Waals surface area contributed by atoms with Crippen molar-refractivity contribution in [3.63, 3.8) is 0 Å². The van der Waals surface area contributed by atoms with E-state index in [1.165, 1.54) is 4.90 Å². The number of carbonyl (C=O) groups is 1. The Hall–Kier alpha value is -2.79. The van der Waals surface area contributed by atoms with Gasteiger partial charge in [0.15, 0.2) is 0 Å². The standard InChI is InChI=1S/C23H30N2O3/c1-16(2)18-8-7-9-19(14-18)23(3,4)24-22(27)25(5)15-21(26)17-10-12-20(28-6)13-11-17/h7-14,21,26H,1,15H2,2-6H3,(H,24,27). The van der Waals surface area contributed by atoms with Crippen LogP contribution in [0.5, 0.6) is 5.75 Å². The van der Waals surface area contributed by atoms with E-state index in [9.17, 15) is 9.90 Å². The van der Waals surface area contributed by atoms with Crippen molar-refractivity contribution in [1.29, 1.82) is 0 Å². The lowest BCUT2D eigenvalue weighted by Gasteiger charge is -2.31. The quantitative estimate of drug-likeness (QED) is 0.749. The van der Waals surface area contributed by atoms with Gasteiger partial charge in [-0.3, -0.25) is 0 Å². The second-order valence-corrected chi connectivity index (χ2v) is 7.59. The predicted molar refractivity (Wildman–Crippen MR) is 113 cm³/mol. The van der Waals surface area contributed by atoms with Crippen molar-refractivity contribution in [3.8, 4) is 5.75 Å². The number of nitrogens with zero attached hydrogens (tertiary/aromatic N) is 1. The van der Waals surface area contributed by atoms with Crippen LogP contribution in [-0.4, -0.2) is 36.7 Å². The van der Waals surface area contributed by atoms with E-state index < -0.39 is 11.6 Å². The van der Waals surface area contributed by atoms with Gasteiger partial charge in [0.1, 0.15) is 5.75 Å². The van der Waals surface area contributed by atoms with Gasteiger partial charge in [-0.1, -0.05) is 42.5 Å². The number of hydrogen-bond acceptors (Lipinski definition) is 3. The Morgan fingerprint density at radius 1 is 1.25 bits per heavy atom. The number of urea groups is 1. The van der Waals surface area contributed by atoms with E-state index in [1.807, 2.05) is 45.0 Å². The van der Waals surface area contributed by atoms with E-state index in [0.717, 1.165) is 28.0 Å². The lowest BCUT2D eigenvalue weighted by molar-refractivity contribution is 0.128. The van der Waals surface area contributed by atoms with E-state index in [1.54, 1.807) is 38.4 Å². The Morgan fingerprint density at radius 2 is 1.89 bits per heavy atom. The van der Waals surface area contributed by atoms with E-state index in [2.05, 4.69) is 11.9 Å². The van der Waals surface area contributed by atoms with Gasteiger partial charge in [0.2, 0.25) is 0 Å². The first-order valence-electron chi connectivity index (χ1n) is 9.25. The number of nitrogens with one attached hydrogen (secondary N) is 1. The fraction of sp³-hybridized carbons (Fsp3) is 0.348. The highest BCUT2D eigenvalue weighted by Crippen LogP contribution is 2.24. The fourth-order valence-corrected chi connectivity index (χ4v) is 2.88. The first kappa shape index (κ1) is 21.5. The SMILES string of the molecule is C=C(C)c1cccc(C(C)(C)NC(=O)N(C)CC(O)c2ccc(OC)cc2)c1. The summed E-state index contributed by atoms with van der Waals surface area (Å²) in [6.45, 7) is 10.0. The molecule has 0 heterocycles. The Kier molecular flexibility index (Phi) is 6.86. The van der Waals surface area contributed by atoms with E-state index in [4.69, 9.17) is 4.74 Å². The maximum absolute atomic E-state index is 12.7. The Balaban J connectivity index is 2.03. The van der Waals surface area contributed by atoms with Crippen molar-refractivity contribution >= 4 is 11.6 Å². The van der Waals surface area contributed by atoms with Gasteiger partial charge in [0.25, 0.3) is 0 Å². The molecule has 2 amide bonds. The summed E-state index contributed by atoms with van der Waals surface area (Å²) >= 11 is 0. The third-order valence-electron chi connectivity index (χ3n) is 4.79. The number of rotatable bonds is 7. The van der Waals surface area contributed by atoms with Crippen LogP contribution in [-0.2, 0) is 5.54 Å². The lowest BCUT2D eigenvalue weighted by atomic mass is 9.92. The van der Waals surface area contributed by atoms with Gasteiger partial charge < -0.3 is 20.1 Å². The molecule has 0 aliphatic heterocycles. The van der Waals surface area contributed by atoms with Crippen LogP contribution in [0.15, 0.2) is 55.1 Å². The maximum Gasteiger partial charge on any atom is 0.317 e. The van der Waals surface area contributed by atoms with Crippen LogP contribution in [0.2, 0.25) is 0 Å². The molecular formula is C23H30N2O3. The average molecular weight is 383 g/mol. The molecular weight excluding hydrogens is 352 g/mol. The normalized spacial score (nSPS) is 12.2. The number of carbonyl (C=O) groups excluding carboxylic acids is 1. The molecule has 0 aromatic heterocycles. The first-order valence-corrected chi connectivity index (χ1v) is 9.25. The maximum atomic E-state index is 12.7. The van der Waals surface area contributed by atoms with Gasteiger partial charge in [-0.2, -0.15) is 0 Å². The molecule has 0 aliphatic carbocycles. The van der Waals surface area contributed by atoms with E-state index in [-0.39, 0.29) is 12.6 Å². The summed E-state index contributed by atoms with van der Waals surface area (Å²) in [6.07, 6.45) is -0.781. The van der Waals surface area contributed by atoms with Crippen molar-refractivity contribution in [3.05, 3.63) is 71.8 Å². The molecule has 0 saturated carbocycles. The minimum absolute atomic E-state index is 0.181. The summed E-state index contributed by atoms with van der Waals surface area (Å²) in [5, 5.41) is 13.5. The number of aliphatic hydroxyl groups is 1. The highest BCUT2D eigenvalue weighted by atomic mass is 16.5. The van der Waals surface area contributed by atoms with Gasteiger partial charge in [-0.25, -0.2) is 4.79 Å². The summed E-state index contributed by atoms with van der Waals surface area (Å²) in [4.78, 5) is 14.2. The van der Waals surface area contributed by atoms with Crippen LogP contribution in [0, 0.1) is 0 Å². The van der Waals surface area contributed by atoms with Crippen LogP contribution in [0.4, 0.5) is 4.79 Å². The molecule has 0 aliphatic rings. The molecule has 0 bridgehead atoms. The van der Waals surface area contributed by atoms with E-state index in [0.29, 0.717) is 0 Å². The number of aliphatic hydroxyl groups excluding tert-OH is 1. The van der Waals surface area contributed by atoms with Crippen LogP contribution >= 0.6 is 0 Å². The molecule has 28 heavy (non-hydrogen) atoms. The lowest BCUT2D eigenvalue weighted by Crippen LogP contribution is -2.48. The summed E-state index contributed by atoms with van der Waals surface area (Å²) in [5.74, 6) is 0.723. The molecule has 1 unspecified atom stereocenters. The number of ether oxygens (including phenoxy) is 1. The number of likely N-dealkylation sites (N-methyl/N-ethyl adjacent to an activating group) is 1. The molecule has 0 radical (unpaired) electrons. The second kappa shape index (κ2) is 8.93. The Morgan fingerprint density at radius 3 is 2.46 bits per heavy atom. The zero-order valence-electron chi connectivity index (χ0n) is 17.3. The second-order valence-electron chi connectivity index (χ2n) is 7.59. The Labute approximate surface area is 167 Å². The molecule has 0 spiro atoms. The predicted octanol–water partition coefficient (Wildman–Crippen LogP) is 4.34. The molecule has 5 nitrogen and oxygen atoms in total. The largest absolute Gasteiger partial charge is 0.497 e. The van der Waals surface area contributed by atoms with Crippen LogP contribution in [0.1, 0.15) is 43.6 Å². The third-order valence-corrected chi connectivity index (χ3v) is 4.79. The van der Waals surface area contributed by atoms with E-state index >= 15 is 0 Å². The summed E-state index contributed by atoms with van der Waals surface area (Å²) in [6, 6.07) is 14.9. The van der Waals surface area contributed by atoms with Crippen molar-refractivity contribution in [1.82, 2.24) is 10.2 Å². The van der Waals surface area contributed by atoms with Gasteiger partial charge >= 0.3 is 6.03 Å². The van der Waals surface area contributed by atoms with Gasteiger partial charge in [-0.05, 0) is 55.7 Å². The van der Waals surface area contributed by atoms with Crippen molar-refractivity contribution < 1.29 is 14.6 Å². The Bertz CT molecular complexity index is 828. The van der Waals surface area contributed by atoms with Gasteiger partial charge in [0.05, 0.1) is 25.3 Å². The molecule has 2 aromatic rings. The third kappa shape index (κ3) is 5.36. The molecule has 2 rings (SSSR count). The van der Waals surface area contributed by atoms with Crippen LogP contribution < -0.4 is 10.1 Å². The monoisotopic (exact) mass is 382 g/mol. The number of benzene rings is 2. The van der Waals surface area contributed by atoms with Crippen molar-refractivity contribution in [2.24, 2.45) is 0 Å².